The number of hydrogen-bond acceptors (Lipinski definition) is 1. The van der Waals surface area contributed by atoms with Gasteiger partial charge in [0, 0.05) is 12.8 Å². The molecule has 0 radical (unpaired) electrons. The van der Waals surface area contributed by atoms with E-state index in [0.29, 0.717) is 0 Å². The topological polar surface area (TPSA) is 12.4 Å². The van der Waals surface area contributed by atoms with Crippen LogP contribution in [0.15, 0.2) is 16.6 Å². The molecule has 1 aliphatic rings. The Hall–Kier alpha value is -0.590. The van der Waals surface area contributed by atoms with Gasteiger partial charge >= 0.3 is 0 Å². The van der Waals surface area contributed by atoms with Gasteiger partial charge in [-0.05, 0) is 31.3 Å². The van der Waals surface area contributed by atoms with E-state index in [1.807, 2.05) is 7.05 Å². The summed E-state index contributed by atoms with van der Waals surface area (Å²) in [6, 6.07) is 0. The van der Waals surface area contributed by atoms with Crippen LogP contribution in [0, 0.1) is 5.92 Å². The second kappa shape index (κ2) is 3.00. The molecule has 10 heavy (non-hydrogen) atoms. The maximum absolute atomic E-state index is 4.21. The molecule has 0 aromatic heterocycles. The van der Waals surface area contributed by atoms with E-state index in [-0.39, 0.29) is 0 Å². The standard InChI is InChI=1S/C9H15N/c1-7-4-5-9(10-3)8(2)6-7/h6-7H,4-5H2,1-3H3. The molecule has 0 aliphatic heterocycles. The minimum absolute atomic E-state index is 0.755. The molecular formula is C9H15N. The zero-order valence-electron chi connectivity index (χ0n) is 7.02. The van der Waals surface area contributed by atoms with E-state index in [1.165, 1.54) is 24.1 Å². The lowest BCUT2D eigenvalue weighted by Gasteiger charge is -2.16. The minimum Gasteiger partial charge on any atom is -0.293 e. The van der Waals surface area contributed by atoms with Crippen molar-refractivity contribution < 1.29 is 0 Å². The summed E-state index contributed by atoms with van der Waals surface area (Å²) in [6.45, 7) is 4.41. The highest BCUT2D eigenvalue weighted by atomic mass is 14.7. The Bertz CT molecular complexity index is 177. The summed E-state index contributed by atoms with van der Waals surface area (Å²) in [5.41, 5.74) is 2.67. The van der Waals surface area contributed by atoms with Crippen LogP contribution in [0.5, 0.6) is 0 Å². The molecule has 1 unspecified atom stereocenters. The molecule has 1 rings (SSSR count). The second-order valence-corrected chi connectivity index (χ2v) is 3.04. The third-order valence-electron chi connectivity index (χ3n) is 2.10. The zero-order chi connectivity index (χ0) is 7.56. The Morgan fingerprint density at radius 3 is 2.80 bits per heavy atom. The summed E-state index contributed by atoms with van der Waals surface area (Å²) >= 11 is 0. The maximum atomic E-state index is 4.21. The third-order valence-corrected chi connectivity index (χ3v) is 2.10. The van der Waals surface area contributed by atoms with Crippen LogP contribution in [0.3, 0.4) is 0 Å². The number of rotatable bonds is 0. The fourth-order valence-corrected chi connectivity index (χ4v) is 1.46. The van der Waals surface area contributed by atoms with Gasteiger partial charge in [0.1, 0.15) is 0 Å². The minimum atomic E-state index is 0.755. The van der Waals surface area contributed by atoms with Crippen LogP contribution in [0.25, 0.3) is 0 Å². The van der Waals surface area contributed by atoms with Gasteiger partial charge in [-0.3, -0.25) is 4.99 Å². The first-order valence-electron chi connectivity index (χ1n) is 3.88. The summed E-state index contributed by atoms with van der Waals surface area (Å²) < 4.78 is 0. The van der Waals surface area contributed by atoms with Crippen molar-refractivity contribution in [2.75, 3.05) is 7.05 Å². The predicted octanol–water partition coefficient (Wildman–Crippen LogP) is 2.43. The monoisotopic (exact) mass is 137 g/mol. The van der Waals surface area contributed by atoms with Crippen molar-refractivity contribution in [2.24, 2.45) is 10.9 Å². The lowest BCUT2D eigenvalue weighted by atomic mass is 9.91. The molecule has 1 atom stereocenters. The van der Waals surface area contributed by atoms with E-state index in [9.17, 15) is 0 Å². The number of aliphatic imine (C=N–C) groups is 1. The highest BCUT2D eigenvalue weighted by Gasteiger charge is 2.10. The molecular weight excluding hydrogens is 122 g/mol. The van der Waals surface area contributed by atoms with Crippen molar-refractivity contribution in [1.82, 2.24) is 0 Å². The van der Waals surface area contributed by atoms with Crippen LogP contribution in [0.1, 0.15) is 26.7 Å². The van der Waals surface area contributed by atoms with Gasteiger partial charge in [-0.15, -0.1) is 0 Å². The Kier molecular flexibility index (Phi) is 2.25. The number of nitrogens with zero attached hydrogens (tertiary/aromatic N) is 1. The highest BCUT2D eigenvalue weighted by molar-refractivity contribution is 6.00. The van der Waals surface area contributed by atoms with Crippen LogP contribution in [-0.2, 0) is 0 Å². The normalized spacial score (nSPS) is 30.5. The van der Waals surface area contributed by atoms with Crippen LogP contribution in [0.2, 0.25) is 0 Å². The van der Waals surface area contributed by atoms with Crippen LogP contribution in [0.4, 0.5) is 0 Å². The lowest BCUT2D eigenvalue weighted by molar-refractivity contribution is 0.652. The molecule has 0 fully saturated rings. The third kappa shape index (κ3) is 1.47. The summed E-state index contributed by atoms with van der Waals surface area (Å²) in [6.07, 6.45) is 4.75. The first-order chi connectivity index (χ1) is 4.74. The van der Waals surface area contributed by atoms with E-state index < -0.39 is 0 Å². The molecule has 1 heteroatoms. The van der Waals surface area contributed by atoms with E-state index >= 15 is 0 Å². The Morgan fingerprint density at radius 2 is 2.30 bits per heavy atom. The molecule has 0 bridgehead atoms. The Balaban J connectivity index is 2.77. The van der Waals surface area contributed by atoms with Gasteiger partial charge in [0.2, 0.25) is 0 Å². The molecule has 0 aromatic rings. The number of allylic oxidation sites excluding steroid dienone is 2. The Morgan fingerprint density at radius 1 is 1.60 bits per heavy atom. The number of hydrogen-bond donors (Lipinski definition) is 0. The average molecular weight is 137 g/mol. The molecule has 0 saturated carbocycles. The van der Waals surface area contributed by atoms with Crippen molar-refractivity contribution in [1.29, 1.82) is 0 Å². The largest absolute Gasteiger partial charge is 0.293 e. The molecule has 0 heterocycles. The van der Waals surface area contributed by atoms with E-state index in [4.69, 9.17) is 0 Å². The van der Waals surface area contributed by atoms with Gasteiger partial charge in [-0.1, -0.05) is 13.0 Å². The fourth-order valence-electron chi connectivity index (χ4n) is 1.46. The van der Waals surface area contributed by atoms with Crippen LogP contribution < -0.4 is 0 Å². The van der Waals surface area contributed by atoms with E-state index in [2.05, 4.69) is 24.9 Å². The van der Waals surface area contributed by atoms with Crippen LogP contribution >= 0.6 is 0 Å². The van der Waals surface area contributed by atoms with Gasteiger partial charge in [0.25, 0.3) is 0 Å². The predicted molar refractivity (Wildman–Crippen MR) is 45.5 cm³/mol. The van der Waals surface area contributed by atoms with Crippen LogP contribution in [-0.4, -0.2) is 12.8 Å². The maximum Gasteiger partial charge on any atom is 0.0371 e. The molecule has 1 nitrogen and oxygen atoms in total. The zero-order valence-corrected chi connectivity index (χ0v) is 7.02. The fraction of sp³-hybridized carbons (Fsp3) is 0.667. The first kappa shape index (κ1) is 7.52. The second-order valence-electron chi connectivity index (χ2n) is 3.04. The first-order valence-corrected chi connectivity index (χ1v) is 3.88. The van der Waals surface area contributed by atoms with Gasteiger partial charge in [-0.2, -0.15) is 0 Å². The molecule has 0 N–H and O–H groups in total. The quantitative estimate of drug-likeness (QED) is 0.486. The van der Waals surface area contributed by atoms with E-state index in [0.717, 1.165) is 5.92 Å². The van der Waals surface area contributed by atoms with Crippen molar-refractivity contribution >= 4 is 5.71 Å². The molecule has 0 spiro atoms. The molecule has 56 valence electrons. The van der Waals surface area contributed by atoms with Crippen molar-refractivity contribution in [3.8, 4) is 0 Å². The van der Waals surface area contributed by atoms with Gasteiger partial charge in [0.15, 0.2) is 0 Å². The van der Waals surface area contributed by atoms with Crippen molar-refractivity contribution in [2.45, 2.75) is 26.7 Å². The SMILES string of the molecule is CN=C1CCC(C)C=C1C. The summed E-state index contributed by atoms with van der Waals surface area (Å²) in [7, 11) is 1.88. The average Bonchev–Trinajstić information content (AvgIpc) is 1.88. The van der Waals surface area contributed by atoms with Gasteiger partial charge in [-0.25, -0.2) is 0 Å². The van der Waals surface area contributed by atoms with Gasteiger partial charge in [0.05, 0.1) is 0 Å². The summed E-state index contributed by atoms with van der Waals surface area (Å²) in [4.78, 5) is 4.21. The van der Waals surface area contributed by atoms with E-state index in [1.54, 1.807) is 0 Å². The summed E-state index contributed by atoms with van der Waals surface area (Å²) in [5.74, 6) is 0.755. The smallest absolute Gasteiger partial charge is 0.0371 e. The highest BCUT2D eigenvalue weighted by Crippen LogP contribution is 2.19. The summed E-state index contributed by atoms with van der Waals surface area (Å²) in [5, 5.41) is 0. The molecule has 0 amide bonds. The molecule has 0 aromatic carbocycles. The molecule has 1 aliphatic carbocycles. The van der Waals surface area contributed by atoms with Crippen molar-refractivity contribution in [3.05, 3.63) is 11.6 Å². The lowest BCUT2D eigenvalue weighted by Crippen LogP contribution is -2.09. The molecule has 0 saturated heterocycles. The van der Waals surface area contributed by atoms with Gasteiger partial charge < -0.3 is 0 Å². The van der Waals surface area contributed by atoms with Crippen molar-refractivity contribution in [3.63, 3.8) is 0 Å². The Labute approximate surface area is 62.9 Å².